The topological polar surface area (TPSA) is 12.5 Å². The van der Waals surface area contributed by atoms with Gasteiger partial charge in [0, 0.05) is 19.7 Å². The second kappa shape index (κ2) is 4.63. The number of likely N-dealkylation sites (N-methyl/N-ethyl adjacent to an activating group) is 1. The van der Waals surface area contributed by atoms with Gasteiger partial charge in [0.1, 0.15) is 0 Å². The molecule has 1 atom stereocenters. The molecule has 14 heavy (non-hydrogen) atoms. The normalized spacial score (nSPS) is 37.5. The van der Waals surface area contributed by atoms with E-state index in [-0.39, 0.29) is 0 Å². The Kier molecular flexibility index (Phi) is 3.45. The fraction of sp³-hybridized carbons (Fsp3) is 1.00. The van der Waals surface area contributed by atoms with Crippen molar-refractivity contribution < 1.29 is 4.74 Å². The molecule has 1 heterocycles. The van der Waals surface area contributed by atoms with E-state index in [1.165, 1.54) is 32.2 Å². The van der Waals surface area contributed by atoms with E-state index >= 15 is 0 Å². The largest absolute Gasteiger partial charge is 0.377 e. The maximum Gasteiger partial charge on any atom is 0.0702 e. The van der Waals surface area contributed by atoms with Crippen molar-refractivity contribution in [3.8, 4) is 0 Å². The number of rotatable bonds is 4. The zero-order valence-corrected chi connectivity index (χ0v) is 9.54. The summed E-state index contributed by atoms with van der Waals surface area (Å²) in [5, 5.41) is 0. The van der Waals surface area contributed by atoms with Crippen LogP contribution in [0.2, 0.25) is 0 Å². The number of ether oxygens (including phenoxy) is 1. The first-order chi connectivity index (χ1) is 6.74. The fourth-order valence-electron chi connectivity index (χ4n) is 2.87. The van der Waals surface area contributed by atoms with Gasteiger partial charge in [0.25, 0.3) is 0 Å². The van der Waals surface area contributed by atoms with Crippen LogP contribution in [0.4, 0.5) is 0 Å². The van der Waals surface area contributed by atoms with Crippen molar-refractivity contribution in [1.29, 1.82) is 0 Å². The fourth-order valence-corrected chi connectivity index (χ4v) is 2.87. The van der Waals surface area contributed by atoms with Crippen LogP contribution >= 0.6 is 0 Å². The molecule has 0 amide bonds. The highest BCUT2D eigenvalue weighted by molar-refractivity contribution is 4.79. The van der Waals surface area contributed by atoms with E-state index in [0.717, 1.165) is 25.0 Å². The van der Waals surface area contributed by atoms with E-state index in [4.69, 9.17) is 4.74 Å². The van der Waals surface area contributed by atoms with E-state index in [9.17, 15) is 0 Å². The third-order valence-corrected chi connectivity index (χ3v) is 3.58. The highest BCUT2D eigenvalue weighted by Gasteiger charge is 2.27. The number of hydrogen-bond acceptors (Lipinski definition) is 2. The lowest BCUT2D eigenvalue weighted by atomic mass is 9.76. The van der Waals surface area contributed by atoms with Crippen LogP contribution in [0.25, 0.3) is 0 Å². The molecule has 0 aromatic rings. The van der Waals surface area contributed by atoms with Crippen molar-refractivity contribution in [3.05, 3.63) is 0 Å². The minimum atomic E-state index is 0.525. The molecule has 1 saturated carbocycles. The predicted molar refractivity (Wildman–Crippen MR) is 58.4 cm³/mol. The Morgan fingerprint density at radius 2 is 2.07 bits per heavy atom. The van der Waals surface area contributed by atoms with Gasteiger partial charge < -0.3 is 9.64 Å². The van der Waals surface area contributed by atoms with E-state index in [1.54, 1.807) is 0 Å². The molecule has 2 fully saturated rings. The number of hydrogen-bond donors (Lipinski definition) is 0. The van der Waals surface area contributed by atoms with Gasteiger partial charge in [-0.3, -0.25) is 0 Å². The van der Waals surface area contributed by atoms with Crippen LogP contribution in [-0.2, 0) is 4.74 Å². The van der Waals surface area contributed by atoms with Crippen molar-refractivity contribution in [2.75, 3.05) is 26.7 Å². The van der Waals surface area contributed by atoms with Crippen LogP contribution in [0.15, 0.2) is 0 Å². The predicted octanol–water partition coefficient (Wildman–Crippen LogP) is 2.14. The Morgan fingerprint density at radius 1 is 1.29 bits per heavy atom. The molecule has 1 aliphatic carbocycles. The lowest BCUT2D eigenvalue weighted by Gasteiger charge is -2.36. The smallest absolute Gasteiger partial charge is 0.0702 e. The Hall–Kier alpha value is -0.0800. The SMILES string of the molecule is CC1CC(CN(C)CC2CCCO2)C1. The van der Waals surface area contributed by atoms with Gasteiger partial charge in [-0.05, 0) is 44.6 Å². The molecule has 2 aliphatic rings. The van der Waals surface area contributed by atoms with E-state index in [1.807, 2.05) is 0 Å². The van der Waals surface area contributed by atoms with Gasteiger partial charge in [0.15, 0.2) is 0 Å². The highest BCUT2D eigenvalue weighted by Crippen LogP contribution is 2.33. The molecule has 0 N–H and O–H groups in total. The summed E-state index contributed by atoms with van der Waals surface area (Å²) < 4.78 is 5.64. The first-order valence-corrected chi connectivity index (χ1v) is 6.04. The molecule has 2 heteroatoms. The highest BCUT2D eigenvalue weighted by atomic mass is 16.5. The van der Waals surface area contributed by atoms with Gasteiger partial charge in [-0.2, -0.15) is 0 Å². The van der Waals surface area contributed by atoms with E-state index in [2.05, 4.69) is 18.9 Å². The van der Waals surface area contributed by atoms with Crippen molar-refractivity contribution in [3.63, 3.8) is 0 Å². The van der Waals surface area contributed by atoms with Crippen LogP contribution in [0, 0.1) is 11.8 Å². The van der Waals surface area contributed by atoms with Crippen LogP contribution in [0.5, 0.6) is 0 Å². The average Bonchev–Trinajstić information content (AvgIpc) is 2.54. The van der Waals surface area contributed by atoms with Gasteiger partial charge in [-0.1, -0.05) is 6.92 Å². The molecule has 1 saturated heterocycles. The standard InChI is InChI=1S/C12H23NO/c1-10-6-11(7-10)8-13(2)9-12-4-3-5-14-12/h10-12H,3-9H2,1-2H3. The molecule has 0 aromatic heterocycles. The van der Waals surface area contributed by atoms with Crippen LogP contribution in [0.1, 0.15) is 32.6 Å². The molecule has 2 rings (SSSR count). The number of nitrogens with zero attached hydrogens (tertiary/aromatic N) is 1. The maximum absolute atomic E-state index is 5.64. The van der Waals surface area contributed by atoms with Crippen molar-refractivity contribution in [1.82, 2.24) is 4.90 Å². The maximum atomic E-state index is 5.64. The van der Waals surface area contributed by atoms with Gasteiger partial charge in [0.2, 0.25) is 0 Å². The summed E-state index contributed by atoms with van der Waals surface area (Å²) in [6.07, 6.45) is 5.94. The van der Waals surface area contributed by atoms with Crippen molar-refractivity contribution in [2.45, 2.75) is 38.7 Å². The molecule has 1 unspecified atom stereocenters. The summed E-state index contributed by atoms with van der Waals surface area (Å²) in [4.78, 5) is 2.46. The summed E-state index contributed by atoms with van der Waals surface area (Å²) in [6.45, 7) is 5.77. The summed E-state index contributed by atoms with van der Waals surface area (Å²) in [5.41, 5.74) is 0. The molecule has 82 valence electrons. The Morgan fingerprint density at radius 3 is 2.64 bits per heavy atom. The van der Waals surface area contributed by atoms with Crippen molar-refractivity contribution in [2.24, 2.45) is 11.8 Å². The third-order valence-electron chi connectivity index (χ3n) is 3.58. The third kappa shape index (κ3) is 2.71. The quantitative estimate of drug-likeness (QED) is 0.684. The average molecular weight is 197 g/mol. The Labute approximate surface area is 87.6 Å². The molecule has 2 nitrogen and oxygen atoms in total. The molecule has 1 aliphatic heterocycles. The molecule has 0 radical (unpaired) electrons. The second-order valence-corrected chi connectivity index (χ2v) is 5.30. The van der Waals surface area contributed by atoms with E-state index in [0.29, 0.717) is 6.10 Å². The lowest BCUT2D eigenvalue weighted by molar-refractivity contribution is 0.0650. The van der Waals surface area contributed by atoms with Gasteiger partial charge in [-0.15, -0.1) is 0 Å². The second-order valence-electron chi connectivity index (χ2n) is 5.30. The Bertz CT molecular complexity index is 171. The monoisotopic (exact) mass is 197 g/mol. The van der Waals surface area contributed by atoms with Gasteiger partial charge >= 0.3 is 0 Å². The summed E-state index contributed by atoms with van der Waals surface area (Å²) in [5.74, 6) is 1.95. The van der Waals surface area contributed by atoms with Crippen LogP contribution in [-0.4, -0.2) is 37.7 Å². The molecule has 0 aromatic carbocycles. The lowest BCUT2D eigenvalue weighted by Crippen LogP contribution is -2.37. The molecule has 0 bridgehead atoms. The van der Waals surface area contributed by atoms with Gasteiger partial charge in [-0.25, -0.2) is 0 Å². The minimum Gasteiger partial charge on any atom is -0.377 e. The zero-order chi connectivity index (χ0) is 9.97. The van der Waals surface area contributed by atoms with Crippen molar-refractivity contribution >= 4 is 0 Å². The van der Waals surface area contributed by atoms with Crippen LogP contribution < -0.4 is 0 Å². The first kappa shape index (κ1) is 10.4. The Balaban J connectivity index is 1.60. The molecular formula is C12H23NO. The van der Waals surface area contributed by atoms with Crippen LogP contribution in [0.3, 0.4) is 0 Å². The summed E-state index contributed by atoms with van der Waals surface area (Å²) >= 11 is 0. The minimum absolute atomic E-state index is 0.525. The first-order valence-electron chi connectivity index (χ1n) is 6.04. The van der Waals surface area contributed by atoms with E-state index < -0.39 is 0 Å². The molecule has 0 spiro atoms. The molecular weight excluding hydrogens is 174 g/mol. The zero-order valence-electron chi connectivity index (χ0n) is 9.54. The summed E-state index contributed by atoms with van der Waals surface area (Å²) in [6, 6.07) is 0. The summed E-state index contributed by atoms with van der Waals surface area (Å²) in [7, 11) is 2.24. The van der Waals surface area contributed by atoms with Gasteiger partial charge in [0.05, 0.1) is 6.10 Å².